The Morgan fingerprint density at radius 1 is 1.00 bits per heavy atom. The largest absolute Gasteiger partial charge is 0.497 e. The van der Waals surface area contributed by atoms with Crippen molar-refractivity contribution in [2.45, 2.75) is 6.92 Å². The lowest BCUT2D eigenvalue weighted by Gasteiger charge is -2.15. The molecule has 0 aliphatic rings. The van der Waals surface area contributed by atoms with Crippen molar-refractivity contribution in [1.29, 1.82) is 0 Å². The number of ether oxygens (including phenoxy) is 3. The molecular weight excluding hydrogens is 499 g/mol. The first-order chi connectivity index (χ1) is 14.1. The van der Waals surface area contributed by atoms with Gasteiger partial charge >= 0.3 is 0 Å². The lowest BCUT2D eigenvalue weighted by atomic mass is 10.2. The highest BCUT2D eigenvalue weighted by Gasteiger charge is 2.08. The molecule has 164 valence electrons. The van der Waals surface area contributed by atoms with Gasteiger partial charge < -0.3 is 30.2 Å². The summed E-state index contributed by atoms with van der Waals surface area (Å²) in [5.41, 5.74) is 1.35. The maximum atomic E-state index is 12.2. The van der Waals surface area contributed by atoms with Crippen LogP contribution in [0.5, 0.6) is 17.2 Å². The van der Waals surface area contributed by atoms with Gasteiger partial charge in [0.25, 0.3) is 5.91 Å². The van der Waals surface area contributed by atoms with Gasteiger partial charge in [-0.25, -0.2) is 0 Å². The fraction of sp³-hybridized carbons (Fsp3) is 0.333. The van der Waals surface area contributed by atoms with Gasteiger partial charge in [0.2, 0.25) is 0 Å². The second-order valence-electron chi connectivity index (χ2n) is 5.91. The minimum absolute atomic E-state index is 0. The van der Waals surface area contributed by atoms with Crippen molar-refractivity contribution in [2.24, 2.45) is 4.99 Å². The van der Waals surface area contributed by atoms with E-state index in [9.17, 15) is 4.79 Å². The summed E-state index contributed by atoms with van der Waals surface area (Å²) >= 11 is 0. The van der Waals surface area contributed by atoms with Gasteiger partial charge in [-0.3, -0.25) is 9.79 Å². The number of benzene rings is 2. The minimum atomic E-state index is -0.162. The van der Waals surface area contributed by atoms with Gasteiger partial charge in [-0.2, -0.15) is 0 Å². The van der Waals surface area contributed by atoms with Gasteiger partial charge in [-0.15, -0.1) is 24.0 Å². The van der Waals surface area contributed by atoms with Crippen molar-refractivity contribution in [2.75, 3.05) is 46.3 Å². The molecule has 0 unspecified atom stereocenters. The van der Waals surface area contributed by atoms with E-state index in [-0.39, 0.29) is 29.9 Å². The zero-order valence-corrected chi connectivity index (χ0v) is 20.0. The molecule has 9 heteroatoms. The molecule has 0 saturated carbocycles. The second kappa shape index (κ2) is 13.5. The first kappa shape index (κ1) is 25.3. The Hall–Kier alpha value is -2.69. The molecule has 0 bridgehead atoms. The number of carbonyl (C=O) groups is 1. The fourth-order valence-corrected chi connectivity index (χ4v) is 2.56. The van der Waals surface area contributed by atoms with E-state index in [1.807, 2.05) is 25.1 Å². The zero-order chi connectivity index (χ0) is 21.1. The first-order valence-corrected chi connectivity index (χ1v) is 9.32. The number of carbonyl (C=O) groups excluding carboxylic acids is 1. The predicted octanol–water partition coefficient (Wildman–Crippen LogP) is 3.14. The maximum Gasteiger partial charge on any atom is 0.251 e. The molecule has 0 aliphatic heterocycles. The molecule has 3 N–H and O–H groups in total. The average Bonchev–Trinajstić information content (AvgIpc) is 2.76. The molecule has 1 amide bonds. The quantitative estimate of drug-likeness (QED) is 0.201. The summed E-state index contributed by atoms with van der Waals surface area (Å²) in [4.78, 5) is 16.4. The highest BCUT2D eigenvalue weighted by molar-refractivity contribution is 14.0. The molecule has 0 heterocycles. The van der Waals surface area contributed by atoms with E-state index < -0.39 is 0 Å². The van der Waals surface area contributed by atoms with Gasteiger partial charge in [-0.05, 0) is 37.3 Å². The predicted molar refractivity (Wildman–Crippen MR) is 130 cm³/mol. The number of anilines is 1. The lowest BCUT2D eigenvalue weighted by molar-refractivity contribution is 0.0954. The van der Waals surface area contributed by atoms with E-state index in [0.29, 0.717) is 48.5 Å². The molecule has 0 aliphatic carbocycles. The summed E-state index contributed by atoms with van der Waals surface area (Å²) in [6.45, 7) is 3.42. The molecule has 0 radical (unpaired) electrons. The first-order valence-electron chi connectivity index (χ1n) is 9.32. The SMILES string of the molecule is CCOc1ccc(NC(=NC)NCCNC(=O)c2cccc(OC)c2)cc1OC.I. The Morgan fingerprint density at radius 3 is 2.43 bits per heavy atom. The average molecular weight is 528 g/mol. The van der Waals surface area contributed by atoms with Crippen LogP contribution < -0.4 is 30.2 Å². The zero-order valence-electron chi connectivity index (χ0n) is 17.7. The van der Waals surface area contributed by atoms with Gasteiger partial charge in [0.15, 0.2) is 17.5 Å². The molecule has 8 nitrogen and oxygen atoms in total. The number of hydrogen-bond donors (Lipinski definition) is 3. The van der Waals surface area contributed by atoms with Gasteiger partial charge in [0.05, 0.1) is 20.8 Å². The van der Waals surface area contributed by atoms with Crippen LogP contribution in [0.1, 0.15) is 17.3 Å². The smallest absolute Gasteiger partial charge is 0.251 e. The molecule has 2 rings (SSSR count). The third kappa shape index (κ3) is 7.62. The highest BCUT2D eigenvalue weighted by atomic mass is 127. The molecule has 30 heavy (non-hydrogen) atoms. The summed E-state index contributed by atoms with van der Waals surface area (Å²) < 4.78 is 16.0. The van der Waals surface area contributed by atoms with E-state index in [2.05, 4.69) is 20.9 Å². The Morgan fingerprint density at radius 2 is 1.77 bits per heavy atom. The van der Waals surface area contributed by atoms with Crippen LogP contribution >= 0.6 is 24.0 Å². The Bertz CT molecular complexity index is 846. The van der Waals surface area contributed by atoms with Crippen molar-refractivity contribution in [3.05, 3.63) is 48.0 Å². The fourth-order valence-electron chi connectivity index (χ4n) is 2.56. The molecule has 0 saturated heterocycles. The van der Waals surface area contributed by atoms with E-state index >= 15 is 0 Å². The van der Waals surface area contributed by atoms with Crippen molar-refractivity contribution >= 4 is 41.5 Å². The number of amides is 1. The Kier molecular flexibility index (Phi) is 11.4. The van der Waals surface area contributed by atoms with Crippen LogP contribution in [0, 0.1) is 0 Å². The summed E-state index contributed by atoms with van der Waals surface area (Å²) in [5.74, 6) is 2.38. The Balaban J connectivity index is 0.00000450. The van der Waals surface area contributed by atoms with Gasteiger partial charge in [0, 0.05) is 37.5 Å². The Labute approximate surface area is 194 Å². The summed E-state index contributed by atoms with van der Waals surface area (Å²) in [5, 5.41) is 9.19. The van der Waals surface area contributed by atoms with Gasteiger partial charge in [0.1, 0.15) is 5.75 Å². The molecule has 0 atom stereocenters. The number of nitrogens with zero attached hydrogens (tertiary/aromatic N) is 1. The summed E-state index contributed by atoms with van der Waals surface area (Å²) in [6, 6.07) is 12.6. The van der Waals surface area contributed by atoms with E-state index in [1.165, 1.54) is 0 Å². The normalized spacial score (nSPS) is 10.5. The summed E-state index contributed by atoms with van der Waals surface area (Å²) in [7, 11) is 4.84. The van der Waals surface area contributed by atoms with Gasteiger partial charge in [-0.1, -0.05) is 6.07 Å². The van der Waals surface area contributed by atoms with Crippen molar-refractivity contribution in [3.8, 4) is 17.2 Å². The number of aliphatic imine (C=N–C) groups is 1. The van der Waals surface area contributed by atoms with Crippen LogP contribution in [0.25, 0.3) is 0 Å². The van der Waals surface area contributed by atoms with E-state index in [1.54, 1.807) is 45.5 Å². The monoisotopic (exact) mass is 528 g/mol. The number of guanidine groups is 1. The molecular formula is C21H29IN4O4. The minimum Gasteiger partial charge on any atom is -0.497 e. The van der Waals surface area contributed by atoms with Crippen molar-refractivity contribution < 1.29 is 19.0 Å². The highest BCUT2D eigenvalue weighted by Crippen LogP contribution is 2.30. The number of rotatable bonds is 9. The molecule has 2 aromatic rings. The third-order valence-corrected chi connectivity index (χ3v) is 3.98. The number of hydrogen-bond acceptors (Lipinski definition) is 5. The lowest BCUT2D eigenvalue weighted by Crippen LogP contribution is -2.37. The standard InChI is InChI=1S/C21H28N4O4.HI/c1-5-29-18-10-9-16(14-19(18)28-4)25-21(22-2)24-12-11-23-20(26)15-7-6-8-17(13-15)27-3;/h6-10,13-14H,5,11-12H2,1-4H3,(H,23,26)(H2,22,24,25);1H. The third-order valence-electron chi connectivity index (χ3n) is 3.98. The molecule has 0 fully saturated rings. The van der Waals surface area contributed by atoms with Crippen molar-refractivity contribution in [3.63, 3.8) is 0 Å². The second-order valence-corrected chi connectivity index (χ2v) is 5.91. The van der Waals surface area contributed by atoms with E-state index in [4.69, 9.17) is 14.2 Å². The molecule has 0 spiro atoms. The van der Waals surface area contributed by atoms with Crippen LogP contribution in [0.3, 0.4) is 0 Å². The molecule has 0 aromatic heterocycles. The van der Waals surface area contributed by atoms with Crippen LogP contribution in [-0.4, -0.2) is 52.8 Å². The van der Waals surface area contributed by atoms with E-state index in [0.717, 1.165) is 5.69 Å². The topological polar surface area (TPSA) is 93.2 Å². The van der Waals surface area contributed by atoms with Crippen LogP contribution in [0.4, 0.5) is 5.69 Å². The number of nitrogens with one attached hydrogen (secondary N) is 3. The van der Waals surface area contributed by atoms with Crippen LogP contribution in [0.2, 0.25) is 0 Å². The molecule has 2 aromatic carbocycles. The number of halogens is 1. The summed E-state index contributed by atoms with van der Waals surface area (Å²) in [6.07, 6.45) is 0. The van der Waals surface area contributed by atoms with Crippen LogP contribution in [0.15, 0.2) is 47.5 Å². The van der Waals surface area contributed by atoms with Crippen molar-refractivity contribution in [1.82, 2.24) is 10.6 Å². The number of methoxy groups -OCH3 is 2. The maximum absolute atomic E-state index is 12.2. The van der Waals surface area contributed by atoms with Crippen LogP contribution in [-0.2, 0) is 0 Å².